The quantitative estimate of drug-likeness (QED) is 0.629. The second-order valence-corrected chi connectivity index (χ2v) is 7.47. The first-order valence-corrected chi connectivity index (χ1v) is 9.00. The van der Waals surface area contributed by atoms with E-state index < -0.39 is 0 Å². The normalized spacial score (nSPS) is 23.5. The number of carbonyl (C=O) groups excluding carboxylic acids is 1. The van der Waals surface area contributed by atoms with E-state index in [4.69, 9.17) is 9.47 Å². The van der Waals surface area contributed by atoms with Crippen molar-refractivity contribution in [1.82, 2.24) is 4.90 Å². The Morgan fingerprint density at radius 2 is 2.10 bits per heavy atom. The van der Waals surface area contributed by atoms with Crippen molar-refractivity contribution in [2.45, 2.75) is 19.1 Å². The maximum absolute atomic E-state index is 12.8. The average Bonchev–Trinajstić information content (AvgIpc) is 3.03. The van der Waals surface area contributed by atoms with Crippen LogP contribution >= 0.6 is 38.5 Å². The van der Waals surface area contributed by atoms with Crippen LogP contribution in [0.25, 0.3) is 0 Å². The molecule has 1 aromatic rings. The molecule has 1 amide bonds. The maximum atomic E-state index is 12.8. The van der Waals surface area contributed by atoms with Crippen LogP contribution in [0.3, 0.4) is 0 Å². The number of halogens is 2. The van der Waals surface area contributed by atoms with Gasteiger partial charge >= 0.3 is 0 Å². The third-order valence-corrected chi connectivity index (χ3v) is 5.37. The van der Waals surface area contributed by atoms with Gasteiger partial charge in [0.05, 0.1) is 18.8 Å². The lowest BCUT2D eigenvalue weighted by molar-refractivity contribution is -0.0969. The van der Waals surface area contributed by atoms with Crippen molar-refractivity contribution >= 4 is 44.4 Å². The number of benzene rings is 1. The molecule has 0 bridgehead atoms. The van der Waals surface area contributed by atoms with Crippen LogP contribution < -0.4 is 0 Å². The summed E-state index contributed by atoms with van der Waals surface area (Å²) in [7, 11) is 0. The van der Waals surface area contributed by atoms with Crippen molar-refractivity contribution in [3.8, 4) is 0 Å². The van der Waals surface area contributed by atoms with Gasteiger partial charge in [0.1, 0.15) is 0 Å². The van der Waals surface area contributed by atoms with E-state index >= 15 is 0 Å². The number of hydrogen-bond donors (Lipinski definition) is 0. The number of rotatable bonds is 2. The highest BCUT2D eigenvalue weighted by molar-refractivity contribution is 14.1. The van der Waals surface area contributed by atoms with E-state index in [1.54, 1.807) is 0 Å². The van der Waals surface area contributed by atoms with Gasteiger partial charge in [0.25, 0.3) is 5.91 Å². The minimum atomic E-state index is -0.137. The fraction of sp³-hybridized carbons (Fsp3) is 0.533. The van der Waals surface area contributed by atoms with Gasteiger partial charge < -0.3 is 14.4 Å². The molecule has 2 fully saturated rings. The Morgan fingerprint density at radius 1 is 1.33 bits per heavy atom. The lowest BCUT2D eigenvalue weighted by Gasteiger charge is -2.35. The Bertz CT molecular complexity index is 534. The van der Waals surface area contributed by atoms with Gasteiger partial charge in [-0.25, -0.2) is 0 Å². The van der Waals surface area contributed by atoms with Gasteiger partial charge in [0, 0.05) is 27.1 Å². The fourth-order valence-corrected chi connectivity index (χ4v) is 3.82. The Kier molecular flexibility index (Phi) is 5.19. The van der Waals surface area contributed by atoms with Gasteiger partial charge in [0.15, 0.2) is 6.29 Å². The minimum Gasteiger partial charge on any atom is -0.350 e. The highest BCUT2D eigenvalue weighted by Crippen LogP contribution is 2.27. The molecular formula is C15H17BrINO3. The fourth-order valence-electron chi connectivity index (χ4n) is 2.90. The highest BCUT2D eigenvalue weighted by atomic mass is 127. The monoisotopic (exact) mass is 465 g/mol. The minimum absolute atomic E-state index is 0.100. The van der Waals surface area contributed by atoms with Crippen molar-refractivity contribution in [2.24, 2.45) is 5.92 Å². The molecule has 0 N–H and O–H groups in total. The van der Waals surface area contributed by atoms with Crippen molar-refractivity contribution in [1.29, 1.82) is 0 Å². The lowest BCUT2D eigenvalue weighted by Crippen LogP contribution is -2.44. The van der Waals surface area contributed by atoms with E-state index in [1.165, 1.54) is 0 Å². The van der Waals surface area contributed by atoms with Crippen LogP contribution in [0.1, 0.15) is 23.2 Å². The Balaban J connectivity index is 1.73. The van der Waals surface area contributed by atoms with Crippen LogP contribution in [-0.2, 0) is 9.47 Å². The summed E-state index contributed by atoms with van der Waals surface area (Å²) in [5, 5.41) is 0. The summed E-state index contributed by atoms with van der Waals surface area (Å²) in [6.45, 7) is 2.86. The van der Waals surface area contributed by atoms with Crippen molar-refractivity contribution < 1.29 is 14.3 Å². The molecule has 2 saturated heterocycles. The van der Waals surface area contributed by atoms with Gasteiger partial charge in [-0.2, -0.15) is 0 Å². The third kappa shape index (κ3) is 3.60. The van der Waals surface area contributed by atoms with E-state index in [0.717, 1.165) is 33.0 Å². The van der Waals surface area contributed by atoms with Gasteiger partial charge in [-0.15, -0.1) is 0 Å². The molecule has 21 heavy (non-hydrogen) atoms. The van der Waals surface area contributed by atoms with Gasteiger partial charge in [-0.05, 0) is 53.6 Å². The molecule has 6 heteroatoms. The summed E-state index contributed by atoms with van der Waals surface area (Å²) in [6, 6.07) is 5.82. The van der Waals surface area contributed by atoms with E-state index in [-0.39, 0.29) is 18.1 Å². The van der Waals surface area contributed by atoms with E-state index in [2.05, 4.69) is 38.5 Å². The Hall–Kier alpha value is -0.180. The smallest absolute Gasteiger partial charge is 0.254 e. The Labute approximate surface area is 146 Å². The molecule has 4 nitrogen and oxygen atoms in total. The molecule has 114 valence electrons. The van der Waals surface area contributed by atoms with Crippen LogP contribution in [0.5, 0.6) is 0 Å². The highest BCUT2D eigenvalue weighted by Gasteiger charge is 2.33. The number of nitrogens with zero attached hydrogens (tertiary/aromatic N) is 1. The van der Waals surface area contributed by atoms with Gasteiger partial charge in [-0.3, -0.25) is 4.79 Å². The first-order valence-electron chi connectivity index (χ1n) is 7.12. The molecule has 2 heterocycles. The lowest BCUT2D eigenvalue weighted by atomic mass is 9.96. The predicted molar refractivity (Wildman–Crippen MR) is 91.2 cm³/mol. The van der Waals surface area contributed by atoms with E-state index in [0.29, 0.717) is 19.8 Å². The molecule has 0 aliphatic carbocycles. The number of carbonyl (C=O) groups is 1. The topological polar surface area (TPSA) is 38.8 Å². The molecule has 2 aliphatic heterocycles. The number of piperidine rings is 1. The number of likely N-dealkylation sites (tertiary alicyclic amines) is 1. The largest absolute Gasteiger partial charge is 0.350 e. The second-order valence-electron chi connectivity index (χ2n) is 5.39. The molecule has 1 aromatic carbocycles. The summed E-state index contributed by atoms with van der Waals surface area (Å²) >= 11 is 5.65. The van der Waals surface area contributed by atoms with Gasteiger partial charge in [-0.1, -0.05) is 15.9 Å². The van der Waals surface area contributed by atoms with Crippen LogP contribution in [-0.4, -0.2) is 43.4 Å². The zero-order chi connectivity index (χ0) is 14.8. The first-order chi connectivity index (χ1) is 10.1. The third-order valence-electron chi connectivity index (χ3n) is 3.94. The molecule has 0 spiro atoms. The number of hydrogen-bond acceptors (Lipinski definition) is 3. The van der Waals surface area contributed by atoms with Crippen molar-refractivity contribution in [2.75, 3.05) is 26.3 Å². The molecule has 0 radical (unpaired) electrons. The predicted octanol–water partition coefficient (Wildman–Crippen LogP) is 3.28. The second kappa shape index (κ2) is 6.93. The van der Waals surface area contributed by atoms with E-state index in [1.807, 2.05) is 23.1 Å². The molecule has 3 rings (SSSR count). The van der Waals surface area contributed by atoms with Crippen molar-refractivity contribution in [3.05, 3.63) is 31.8 Å². The number of amides is 1. The van der Waals surface area contributed by atoms with Crippen LogP contribution in [0, 0.1) is 9.49 Å². The molecule has 2 aliphatic rings. The summed E-state index contributed by atoms with van der Waals surface area (Å²) in [6.07, 6.45) is 1.93. The first kappa shape index (κ1) is 15.7. The molecular weight excluding hydrogens is 449 g/mol. The zero-order valence-electron chi connectivity index (χ0n) is 11.6. The summed E-state index contributed by atoms with van der Waals surface area (Å²) < 4.78 is 13.1. The standard InChI is InChI=1S/C15H17BrINO3/c16-11-3-4-13(17)12(8-11)14(19)18-5-1-2-10(9-18)15-20-6-7-21-15/h3-4,8,10,15H,1-2,5-7,9H2. The maximum Gasteiger partial charge on any atom is 0.254 e. The zero-order valence-corrected chi connectivity index (χ0v) is 15.3. The van der Waals surface area contributed by atoms with Crippen LogP contribution in [0.2, 0.25) is 0 Å². The number of ether oxygens (including phenoxy) is 2. The SMILES string of the molecule is O=C(c1cc(Br)ccc1I)N1CCCC(C2OCCO2)C1. The molecule has 0 aromatic heterocycles. The van der Waals surface area contributed by atoms with E-state index in [9.17, 15) is 4.79 Å². The summed E-state index contributed by atoms with van der Waals surface area (Å²) in [5.41, 5.74) is 0.763. The molecule has 1 unspecified atom stereocenters. The Morgan fingerprint density at radius 3 is 2.86 bits per heavy atom. The van der Waals surface area contributed by atoms with Crippen LogP contribution in [0.4, 0.5) is 0 Å². The summed E-state index contributed by atoms with van der Waals surface area (Å²) in [5.74, 6) is 0.387. The van der Waals surface area contributed by atoms with Crippen molar-refractivity contribution in [3.63, 3.8) is 0 Å². The molecule has 0 saturated carbocycles. The van der Waals surface area contributed by atoms with Gasteiger partial charge in [0.2, 0.25) is 0 Å². The van der Waals surface area contributed by atoms with Crippen LogP contribution in [0.15, 0.2) is 22.7 Å². The summed E-state index contributed by atoms with van der Waals surface area (Å²) in [4.78, 5) is 14.7. The average molecular weight is 466 g/mol. The molecule has 1 atom stereocenters.